The summed E-state index contributed by atoms with van der Waals surface area (Å²) in [7, 11) is 0. The van der Waals surface area contributed by atoms with E-state index in [9.17, 15) is 0 Å². The molecule has 0 heterocycles. The second-order valence-corrected chi connectivity index (χ2v) is 2.17. The van der Waals surface area contributed by atoms with Crippen LogP contribution in [-0.4, -0.2) is 10.7 Å². The first kappa shape index (κ1) is 22.9. The second-order valence-electron chi connectivity index (χ2n) is 2.17. The van der Waals surface area contributed by atoms with Crippen molar-refractivity contribution in [1.29, 1.82) is 0 Å². The zero-order valence-electron chi connectivity index (χ0n) is 7.95. The topological polar surface area (TPSA) is 20.2 Å². The molecule has 0 aromatic rings. The van der Waals surface area contributed by atoms with Crippen LogP contribution in [0.2, 0.25) is 0 Å². The van der Waals surface area contributed by atoms with E-state index < -0.39 is 5.60 Å². The molecule has 0 aromatic heterocycles. The van der Waals surface area contributed by atoms with Gasteiger partial charge in [-0.15, -0.1) is 0 Å². The van der Waals surface area contributed by atoms with Crippen LogP contribution in [0.5, 0.6) is 0 Å². The maximum absolute atomic E-state index is 8.52. The minimum Gasteiger partial charge on any atom is -1.00 e. The van der Waals surface area contributed by atoms with Gasteiger partial charge < -0.3 is 14.0 Å². The number of aliphatic hydroxyl groups is 1. The summed E-state index contributed by atoms with van der Waals surface area (Å²) in [5, 5.41) is 8.52. The van der Waals surface area contributed by atoms with Crippen LogP contribution in [0.25, 0.3) is 0 Å². The van der Waals surface area contributed by atoms with Crippen molar-refractivity contribution in [3.8, 4) is 0 Å². The fourth-order valence-corrected chi connectivity index (χ4v) is 0. The minimum atomic E-state index is -0.500. The predicted molar refractivity (Wildman–Crippen MR) is 29.5 cm³/mol. The first-order valence-corrected chi connectivity index (χ1v) is 1.72. The van der Waals surface area contributed by atoms with Crippen LogP contribution in [0.3, 0.4) is 0 Å². The third-order valence-electron chi connectivity index (χ3n) is 0. The van der Waals surface area contributed by atoms with E-state index >= 15 is 0 Å². The Morgan fingerprint density at radius 3 is 1.12 bits per heavy atom. The van der Waals surface area contributed by atoms with E-state index in [1.54, 1.807) is 20.8 Å². The van der Waals surface area contributed by atoms with Gasteiger partial charge in [0.15, 0.2) is 0 Å². The van der Waals surface area contributed by atoms with E-state index in [0.717, 1.165) is 0 Å². The molecule has 42 valence electrons. The van der Waals surface area contributed by atoms with E-state index in [4.69, 9.17) is 5.11 Å². The second kappa shape index (κ2) is 8.15. The maximum Gasteiger partial charge on any atom is 1.00 e. The van der Waals surface area contributed by atoms with Gasteiger partial charge in [-0.1, -0.05) is 0 Å². The SMILES string of the molecule is CC(C)(C)O.[CH3-].[H-].[Li+].[Li+]. The Bertz CT molecular complexity index is 30.4. The molecule has 0 bridgehead atoms. The number of rotatable bonds is 0. The van der Waals surface area contributed by atoms with E-state index in [-0.39, 0.29) is 46.6 Å². The van der Waals surface area contributed by atoms with Crippen LogP contribution in [-0.2, 0) is 0 Å². The van der Waals surface area contributed by atoms with Crippen LogP contribution in [0.1, 0.15) is 22.2 Å². The Labute approximate surface area is 78.1 Å². The van der Waals surface area contributed by atoms with Crippen molar-refractivity contribution in [2.75, 3.05) is 0 Å². The van der Waals surface area contributed by atoms with Crippen LogP contribution in [0.4, 0.5) is 0 Å². The number of hydrogen-bond donors (Lipinski definition) is 1. The van der Waals surface area contributed by atoms with E-state index in [2.05, 4.69) is 0 Å². The van der Waals surface area contributed by atoms with Crippen molar-refractivity contribution in [2.24, 2.45) is 0 Å². The molecule has 0 aliphatic carbocycles. The molecule has 8 heavy (non-hydrogen) atoms. The van der Waals surface area contributed by atoms with Gasteiger partial charge in [0, 0.05) is 0 Å². The molecule has 0 fully saturated rings. The summed E-state index contributed by atoms with van der Waals surface area (Å²) in [6.07, 6.45) is 0. The Morgan fingerprint density at radius 1 is 1.12 bits per heavy atom. The van der Waals surface area contributed by atoms with Gasteiger partial charge in [-0.2, -0.15) is 0 Å². The van der Waals surface area contributed by atoms with Gasteiger partial charge in [-0.05, 0) is 20.8 Å². The monoisotopic (exact) mass is 104 g/mol. The van der Waals surface area contributed by atoms with Crippen molar-refractivity contribution in [3.05, 3.63) is 7.43 Å². The fraction of sp³-hybridized carbons (Fsp3) is 0.800. The molecule has 1 nitrogen and oxygen atoms in total. The first-order chi connectivity index (χ1) is 2.00. The van der Waals surface area contributed by atoms with Crippen molar-refractivity contribution < 1.29 is 44.3 Å². The normalized spacial score (nSPS) is 7.50. The minimum absolute atomic E-state index is 0. The molecule has 0 aliphatic rings. The third-order valence-corrected chi connectivity index (χ3v) is 0. The van der Waals surface area contributed by atoms with Gasteiger partial charge in [0.25, 0.3) is 0 Å². The summed E-state index contributed by atoms with van der Waals surface area (Å²) in [4.78, 5) is 0. The Balaban J connectivity index is -0.0000000133. The van der Waals surface area contributed by atoms with Crippen LogP contribution in [0, 0.1) is 7.43 Å². The average molecular weight is 104 g/mol. The predicted octanol–water partition coefficient (Wildman–Crippen LogP) is -4.65. The molecule has 0 radical (unpaired) electrons. The van der Waals surface area contributed by atoms with Crippen molar-refractivity contribution >= 4 is 0 Å². The van der Waals surface area contributed by atoms with Gasteiger partial charge in [0.2, 0.25) is 0 Å². The summed E-state index contributed by atoms with van der Waals surface area (Å²) in [6, 6.07) is 0. The van der Waals surface area contributed by atoms with E-state index in [0.29, 0.717) is 0 Å². The quantitative estimate of drug-likeness (QED) is 0.242. The van der Waals surface area contributed by atoms with E-state index in [1.165, 1.54) is 0 Å². The molecule has 0 amide bonds. The zero-order valence-corrected chi connectivity index (χ0v) is 6.95. The Hall–Kier alpha value is 1.15. The fourth-order valence-electron chi connectivity index (χ4n) is 0. The molecule has 0 rings (SSSR count). The largest absolute Gasteiger partial charge is 1.00 e. The first-order valence-electron chi connectivity index (χ1n) is 1.72. The van der Waals surface area contributed by atoms with Gasteiger partial charge in [0.1, 0.15) is 0 Å². The zero-order chi connectivity index (χ0) is 4.50. The Kier molecular flexibility index (Phi) is 23.4. The summed E-state index contributed by atoms with van der Waals surface area (Å²) in [6.45, 7) is 5.23. The van der Waals surface area contributed by atoms with E-state index in [1.807, 2.05) is 0 Å². The van der Waals surface area contributed by atoms with Crippen molar-refractivity contribution in [1.82, 2.24) is 0 Å². The van der Waals surface area contributed by atoms with Crippen molar-refractivity contribution in [2.45, 2.75) is 26.4 Å². The molecular weight excluding hydrogens is 89.9 g/mol. The molecular formula is C5H14Li2O. The summed E-state index contributed by atoms with van der Waals surface area (Å²) in [5.41, 5.74) is -0.500. The van der Waals surface area contributed by atoms with Crippen LogP contribution >= 0.6 is 0 Å². The summed E-state index contributed by atoms with van der Waals surface area (Å²) in [5.74, 6) is 0. The standard InChI is InChI=1S/C4H10O.CH3.2Li.H/c1-4(2,3)5;;;;/h5H,1-3H3;1H3;;;/q;-1;2*+1;-1. The molecule has 0 spiro atoms. The average Bonchev–Trinajstić information content (AvgIpc) is 0.722. The molecule has 0 saturated carbocycles. The van der Waals surface area contributed by atoms with Crippen molar-refractivity contribution in [3.63, 3.8) is 0 Å². The molecule has 0 aromatic carbocycles. The third kappa shape index (κ3) is 203. The number of hydrogen-bond acceptors (Lipinski definition) is 1. The molecule has 0 saturated heterocycles. The van der Waals surface area contributed by atoms with Crippen LogP contribution in [0.15, 0.2) is 0 Å². The molecule has 0 aliphatic heterocycles. The van der Waals surface area contributed by atoms with Gasteiger partial charge >= 0.3 is 37.7 Å². The molecule has 0 atom stereocenters. The summed E-state index contributed by atoms with van der Waals surface area (Å²) < 4.78 is 0. The maximum atomic E-state index is 8.52. The Morgan fingerprint density at radius 2 is 1.12 bits per heavy atom. The molecule has 3 heteroatoms. The summed E-state index contributed by atoms with van der Waals surface area (Å²) >= 11 is 0. The van der Waals surface area contributed by atoms with Gasteiger partial charge in [-0.3, -0.25) is 0 Å². The smallest absolute Gasteiger partial charge is 1.00 e. The molecule has 1 N–H and O–H groups in total. The molecule has 0 unspecified atom stereocenters. The van der Waals surface area contributed by atoms with Gasteiger partial charge in [0.05, 0.1) is 5.60 Å². The van der Waals surface area contributed by atoms with Crippen LogP contribution < -0.4 is 37.7 Å². The van der Waals surface area contributed by atoms with Gasteiger partial charge in [-0.25, -0.2) is 0 Å².